The average Bonchev–Trinajstić information content (AvgIpc) is 2.61. The highest BCUT2D eigenvalue weighted by atomic mass is 16.4. The van der Waals surface area contributed by atoms with Gasteiger partial charge < -0.3 is 10.2 Å². The first kappa shape index (κ1) is 9.13. The molecule has 2 aromatic rings. The van der Waals surface area contributed by atoms with Crippen LogP contribution in [0.4, 0.5) is 0 Å². The molecule has 2 heterocycles. The number of fused-ring (bicyclic) bond motifs is 1. The van der Waals surface area contributed by atoms with Gasteiger partial charge in [-0.25, -0.2) is 14.6 Å². The van der Waals surface area contributed by atoms with Crippen LogP contribution in [0, 0.1) is 0 Å². The minimum Gasteiger partial charge on any atom is -0.478 e. The van der Waals surface area contributed by atoms with Gasteiger partial charge >= 0.3 is 11.9 Å². The lowest BCUT2D eigenvalue weighted by Crippen LogP contribution is -2.10. The molecule has 0 amide bonds. The number of rotatable bonds is 2. The van der Waals surface area contributed by atoms with E-state index in [4.69, 9.17) is 10.2 Å². The van der Waals surface area contributed by atoms with E-state index in [1.165, 1.54) is 12.3 Å². The van der Waals surface area contributed by atoms with Gasteiger partial charge in [0.15, 0.2) is 11.3 Å². The van der Waals surface area contributed by atoms with Crippen molar-refractivity contribution in [1.82, 2.24) is 15.2 Å². The van der Waals surface area contributed by atoms with Gasteiger partial charge in [0, 0.05) is 11.6 Å². The molecule has 0 unspecified atom stereocenters. The quantitative estimate of drug-likeness (QED) is 0.654. The van der Waals surface area contributed by atoms with Crippen LogP contribution in [0.25, 0.3) is 11.0 Å². The Labute approximate surface area is 82.4 Å². The first-order chi connectivity index (χ1) is 7.09. The predicted molar refractivity (Wildman–Crippen MR) is 47.8 cm³/mol. The number of nitrogens with one attached hydrogen (secondary N) is 1. The third kappa shape index (κ3) is 1.39. The number of H-pyrrole nitrogens is 1. The summed E-state index contributed by atoms with van der Waals surface area (Å²) in [4.78, 5) is 25.1. The molecule has 0 spiro atoms. The molecule has 2 aromatic heterocycles. The van der Waals surface area contributed by atoms with Crippen molar-refractivity contribution in [2.45, 2.75) is 0 Å². The number of aromatic nitrogens is 3. The van der Waals surface area contributed by atoms with Crippen molar-refractivity contribution in [1.29, 1.82) is 0 Å². The Morgan fingerprint density at radius 2 is 2.00 bits per heavy atom. The molecule has 0 aliphatic carbocycles. The molecule has 0 aliphatic heterocycles. The maximum Gasteiger partial charge on any atom is 0.355 e. The fraction of sp³-hybridized carbons (Fsp3) is 0. The highest BCUT2D eigenvalue weighted by Gasteiger charge is 2.19. The lowest BCUT2D eigenvalue weighted by molar-refractivity contribution is 0.0647. The van der Waals surface area contributed by atoms with Crippen molar-refractivity contribution in [3.8, 4) is 0 Å². The Morgan fingerprint density at radius 3 is 2.60 bits per heavy atom. The summed E-state index contributed by atoms with van der Waals surface area (Å²) in [5.74, 6) is -2.72. The molecule has 76 valence electrons. The van der Waals surface area contributed by atoms with E-state index >= 15 is 0 Å². The Bertz CT molecular complexity index is 512. The number of carboxylic acids is 2. The predicted octanol–water partition coefficient (Wildman–Crippen LogP) is 0.354. The number of aromatic amines is 1. The van der Waals surface area contributed by atoms with E-state index in [9.17, 15) is 9.59 Å². The van der Waals surface area contributed by atoms with Gasteiger partial charge in [0.1, 0.15) is 0 Å². The Hall–Kier alpha value is -2.44. The molecule has 0 bridgehead atoms. The molecule has 2 rings (SSSR count). The summed E-state index contributed by atoms with van der Waals surface area (Å²) < 4.78 is 0. The van der Waals surface area contributed by atoms with E-state index in [2.05, 4.69) is 15.2 Å². The summed E-state index contributed by atoms with van der Waals surface area (Å²) in [6, 6.07) is 1.22. The van der Waals surface area contributed by atoms with Crippen LogP contribution in [0.2, 0.25) is 0 Å². The largest absolute Gasteiger partial charge is 0.478 e. The number of hydrogen-bond donors (Lipinski definition) is 3. The van der Waals surface area contributed by atoms with Crippen molar-refractivity contribution < 1.29 is 19.8 Å². The van der Waals surface area contributed by atoms with Crippen LogP contribution in [0.3, 0.4) is 0 Å². The molecule has 7 heteroatoms. The number of carboxylic acid groups (broad SMARTS) is 2. The number of pyridine rings is 1. The summed E-state index contributed by atoms with van der Waals surface area (Å²) in [5, 5.41) is 24.1. The van der Waals surface area contributed by atoms with Crippen LogP contribution in [0.5, 0.6) is 0 Å². The van der Waals surface area contributed by atoms with Gasteiger partial charge in [0.2, 0.25) is 0 Å². The molecule has 0 aromatic carbocycles. The van der Waals surface area contributed by atoms with Gasteiger partial charge in [0.25, 0.3) is 0 Å². The van der Waals surface area contributed by atoms with Gasteiger partial charge in [-0.3, -0.25) is 5.10 Å². The molecule has 0 saturated heterocycles. The van der Waals surface area contributed by atoms with Gasteiger partial charge in [-0.1, -0.05) is 0 Å². The van der Waals surface area contributed by atoms with E-state index in [0.717, 1.165) is 0 Å². The van der Waals surface area contributed by atoms with E-state index in [0.29, 0.717) is 5.39 Å². The molecule has 0 radical (unpaired) electrons. The van der Waals surface area contributed by atoms with Crippen molar-refractivity contribution in [2.24, 2.45) is 0 Å². The summed E-state index contributed by atoms with van der Waals surface area (Å²) in [5.41, 5.74) is -0.684. The molecule has 0 aliphatic rings. The fourth-order valence-corrected chi connectivity index (χ4v) is 1.20. The summed E-state index contributed by atoms with van der Waals surface area (Å²) in [7, 11) is 0. The minimum atomic E-state index is -1.39. The van der Waals surface area contributed by atoms with E-state index in [-0.39, 0.29) is 11.2 Å². The molecule has 3 N–H and O–H groups in total. The van der Waals surface area contributed by atoms with Crippen LogP contribution in [-0.2, 0) is 0 Å². The Balaban J connectivity index is 2.79. The second-order valence-corrected chi connectivity index (χ2v) is 2.79. The Morgan fingerprint density at radius 1 is 1.27 bits per heavy atom. The van der Waals surface area contributed by atoms with E-state index in [1.807, 2.05) is 0 Å². The zero-order valence-corrected chi connectivity index (χ0v) is 7.26. The third-order valence-corrected chi connectivity index (χ3v) is 1.85. The lowest BCUT2D eigenvalue weighted by Gasteiger charge is -1.99. The van der Waals surface area contributed by atoms with Crippen LogP contribution < -0.4 is 0 Å². The minimum absolute atomic E-state index is 0.178. The molecule has 7 nitrogen and oxygen atoms in total. The molecule has 15 heavy (non-hydrogen) atoms. The first-order valence-electron chi connectivity index (χ1n) is 3.90. The van der Waals surface area contributed by atoms with Gasteiger partial charge in [0.05, 0.1) is 5.56 Å². The van der Waals surface area contributed by atoms with Gasteiger partial charge in [-0.2, -0.15) is 5.10 Å². The maximum absolute atomic E-state index is 10.8. The lowest BCUT2D eigenvalue weighted by atomic mass is 10.1. The van der Waals surface area contributed by atoms with Gasteiger partial charge in [-0.05, 0) is 6.07 Å². The van der Waals surface area contributed by atoms with E-state index in [1.54, 1.807) is 0 Å². The number of carbonyl (C=O) groups is 2. The van der Waals surface area contributed by atoms with Crippen LogP contribution in [0.15, 0.2) is 12.3 Å². The second kappa shape index (κ2) is 3.05. The molecule has 0 fully saturated rings. The SMILES string of the molecule is O=C(O)c1cc2c[nH]nc2nc1C(=O)O. The van der Waals surface area contributed by atoms with Crippen LogP contribution >= 0.6 is 0 Å². The van der Waals surface area contributed by atoms with Crippen molar-refractivity contribution >= 4 is 23.0 Å². The smallest absolute Gasteiger partial charge is 0.355 e. The second-order valence-electron chi connectivity index (χ2n) is 2.79. The summed E-state index contributed by atoms with van der Waals surface area (Å²) in [6.07, 6.45) is 1.44. The van der Waals surface area contributed by atoms with E-state index < -0.39 is 17.6 Å². The molecule has 0 saturated carbocycles. The number of hydrogen-bond acceptors (Lipinski definition) is 4. The van der Waals surface area contributed by atoms with Crippen molar-refractivity contribution in [3.63, 3.8) is 0 Å². The average molecular weight is 207 g/mol. The topological polar surface area (TPSA) is 116 Å². The summed E-state index contributed by atoms with van der Waals surface area (Å²) in [6.45, 7) is 0. The number of nitrogens with zero attached hydrogens (tertiary/aromatic N) is 2. The normalized spacial score (nSPS) is 10.4. The number of aromatic carboxylic acids is 2. The zero-order valence-electron chi connectivity index (χ0n) is 7.26. The standard InChI is InChI=1S/C8H5N3O4/c12-7(13)4-1-3-2-9-11-6(3)10-5(4)8(14)15/h1-2H,(H,12,13)(H,14,15)(H,9,10,11). The monoisotopic (exact) mass is 207 g/mol. The molecular formula is C8H5N3O4. The Kier molecular flexibility index (Phi) is 1.86. The first-order valence-corrected chi connectivity index (χ1v) is 3.90. The molecule has 0 atom stereocenters. The highest BCUT2D eigenvalue weighted by molar-refractivity contribution is 6.02. The molecular weight excluding hydrogens is 202 g/mol. The van der Waals surface area contributed by atoms with Crippen molar-refractivity contribution in [2.75, 3.05) is 0 Å². The maximum atomic E-state index is 10.8. The zero-order chi connectivity index (χ0) is 11.0. The van der Waals surface area contributed by atoms with Crippen LogP contribution in [0.1, 0.15) is 20.8 Å². The summed E-state index contributed by atoms with van der Waals surface area (Å²) >= 11 is 0. The van der Waals surface area contributed by atoms with Crippen molar-refractivity contribution in [3.05, 3.63) is 23.5 Å². The fourth-order valence-electron chi connectivity index (χ4n) is 1.20. The third-order valence-electron chi connectivity index (χ3n) is 1.85. The van der Waals surface area contributed by atoms with Crippen LogP contribution in [-0.4, -0.2) is 37.3 Å². The van der Waals surface area contributed by atoms with Gasteiger partial charge in [-0.15, -0.1) is 0 Å². The highest BCUT2D eigenvalue weighted by Crippen LogP contribution is 2.14.